The Hall–Kier alpha value is -5.33. The molecular weight excluding hydrogens is 675 g/mol. The smallest absolute Gasteiger partial charge is 0.482 e. The van der Waals surface area contributed by atoms with E-state index in [0.717, 1.165) is 34.9 Å². The standard InChI is InChI=1S/C29H22F7N7O4S/c1-41(2)17-6-10-23(46-14-28(31,32)33)22(12-17)43-24(44)13-48-27(43)39-26(45)38-21-9-5-18(11-20(21)30)42-15-37-25(40-42)16-3-7-19(8-4-16)47-29(34,35)36/h3-12,15H,13-14H2,1-2H3,(H,38,45)/b39-27-. The quantitative estimate of drug-likeness (QED) is 0.204. The van der Waals surface area contributed by atoms with Gasteiger partial charge in [0.05, 0.1) is 22.8 Å². The SMILES string of the molecule is CN(C)c1ccc(OCC(F)(F)F)c(N2C(=O)CS/C2=N\C(=O)Nc2ccc(-n3cnc(-c4ccc(OC(F)(F)F)cc4)n3)cc2F)c1. The summed E-state index contributed by atoms with van der Waals surface area (Å²) in [5.74, 6) is -2.23. The Morgan fingerprint density at radius 3 is 2.42 bits per heavy atom. The molecule has 11 nitrogen and oxygen atoms in total. The van der Waals surface area contributed by atoms with Crippen LogP contribution in [0.25, 0.3) is 17.1 Å². The van der Waals surface area contributed by atoms with Gasteiger partial charge in [0.25, 0.3) is 0 Å². The minimum atomic E-state index is -4.85. The second-order valence-electron chi connectivity index (χ2n) is 10.0. The number of hydrogen-bond donors (Lipinski definition) is 1. The first-order chi connectivity index (χ1) is 22.6. The first kappa shape index (κ1) is 34.0. The Balaban J connectivity index is 1.32. The molecule has 2 heterocycles. The Morgan fingerprint density at radius 2 is 1.77 bits per heavy atom. The van der Waals surface area contributed by atoms with Gasteiger partial charge in [-0.25, -0.2) is 18.9 Å². The lowest BCUT2D eigenvalue weighted by Crippen LogP contribution is -2.31. The molecule has 3 amide bonds. The van der Waals surface area contributed by atoms with Crippen LogP contribution in [-0.2, 0) is 4.79 Å². The summed E-state index contributed by atoms with van der Waals surface area (Å²) in [6.45, 7) is -1.62. The predicted molar refractivity (Wildman–Crippen MR) is 162 cm³/mol. The van der Waals surface area contributed by atoms with E-state index < -0.39 is 42.7 Å². The van der Waals surface area contributed by atoms with Crippen molar-refractivity contribution in [3.8, 4) is 28.6 Å². The van der Waals surface area contributed by atoms with Crippen molar-refractivity contribution in [1.82, 2.24) is 14.8 Å². The van der Waals surface area contributed by atoms with Crippen LogP contribution in [0.4, 0.5) is 52.6 Å². The maximum Gasteiger partial charge on any atom is 0.573 e. The summed E-state index contributed by atoms with van der Waals surface area (Å²) in [6, 6.07) is 11.5. The van der Waals surface area contributed by atoms with Crippen LogP contribution in [0.1, 0.15) is 0 Å². The molecule has 3 aromatic carbocycles. The second kappa shape index (κ2) is 13.4. The van der Waals surface area contributed by atoms with Crippen LogP contribution in [0.15, 0.2) is 72.0 Å². The van der Waals surface area contributed by atoms with E-state index in [4.69, 9.17) is 4.74 Å². The zero-order valence-corrected chi connectivity index (χ0v) is 25.5. The van der Waals surface area contributed by atoms with Gasteiger partial charge in [0.1, 0.15) is 23.6 Å². The van der Waals surface area contributed by atoms with Crippen molar-refractivity contribution in [2.75, 3.05) is 41.6 Å². The van der Waals surface area contributed by atoms with Crippen LogP contribution in [0.2, 0.25) is 0 Å². The zero-order chi connectivity index (χ0) is 34.8. The molecule has 1 aliphatic heterocycles. The van der Waals surface area contributed by atoms with Crippen molar-refractivity contribution < 1.29 is 49.8 Å². The fourth-order valence-corrected chi connectivity index (χ4v) is 5.08. The number of halogens is 7. The minimum Gasteiger partial charge on any atom is -0.482 e. The molecule has 4 aromatic rings. The van der Waals surface area contributed by atoms with Crippen molar-refractivity contribution in [3.05, 3.63) is 72.8 Å². The van der Waals surface area contributed by atoms with E-state index in [2.05, 4.69) is 25.1 Å². The van der Waals surface area contributed by atoms with E-state index in [1.807, 2.05) is 0 Å². The fraction of sp³-hybridized carbons (Fsp3) is 0.207. The molecule has 0 unspecified atom stereocenters. The van der Waals surface area contributed by atoms with E-state index in [1.54, 1.807) is 19.0 Å². The molecule has 1 fully saturated rings. The summed E-state index contributed by atoms with van der Waals surface area (Å²) in [5.41, 5.74) is 0.700. The average Bonchev–Trinajstić information content (AvgIpc) is 3.63. The van der Waals surface area contributed by atoms with Gasteiger partial charge in [0.15, 0.2) is 17.6 Å². The Morgan fingerprint density at radius 1 is 1.04 bits per heavy atom. The Bertz CT molecular complexity index is 1860. The lowest BCUT2D eigenvalue weighted by molar-refractivity contribution is -0.274. The Kier molecular flexibility index (Phi) is 9.51. The molecule has 1 aromatic heterocycles. The number of thioether (sulfide) groups is 1. The van der Waals surface area contributed by atoms with E-state index in [1.165, 1.54) is 53.5 Å². The molecule has 1 saturated heterocycles. The Labute approximate surface area is 271 Å². The molecule has 0 saturated carbocycles. The predicted octanol–water partition coefficient (Wildman–Crippen LogP) is 6.65. The molecule has 1 N–H and O–H groups in total. The summed E-state index contributed by atoms with van der Waals surface area (Å²) in [7, 11) is 3.36. The van der Waals surface area contributed by atoms with Gasteiger partial charge < -0.3 is 19.7 Å². The average molecular weight is 698 g/mol. The van der Waals surface area contributed by atoms with Crippen molar-refractivity contribution in [2.24, 2.45) is 4.99 Å². The molecule has 5 rings (SSSR count). The summed E-state index contributed by atoms with van der Waals surface area (Å²) in [4.78, 5) is 36.2. The third-order valence-corrected chi connectivity index (χ3v) is 7.27. The molecule has 0 aliphatic carbocycles. The number of anilines is 3. The minimum absolute atomic E-state index is 0.0691. The van der Waals surface area contributed by atoms with Crippen LogP contribution in [0.3, 0.4) is 0 Å². The van der Waals surface area contributed by atoms with E-state index in [0.29, 0.717) is 11.3 Å². The number of aliphatic imine (C=N–C) groups is 1. The highest BCUT2D eigenvalue weighted by Crippen LogP contribution is 2.38. The van der Waals surface area contributed by atoms with Crippen LogP contribution in [-0.4, -0.2) is 70.9 Å². The van der Waals surface area contributed by atoms with Gasteiger partial charge in [0, 0.05) is 31.4 Å². The number of rotatable bonds is 8. The van der Waals surface area contributed by atoms with Crippen molar-refractivity contribution >= 4 is 45.9 Å². The molecule has 19 heteroatoms. The normalized spacial score (nSPS) is 14.4. The zero-order valence-electron chi connectivity index (χ0n) is 24.6. The molecular formula is C29H22F7N7O4S. The van der Waals surface area contributed by atoms with Gasteiger partial charge in [0.2, 0.25) is 5.91 Å². The topological polar surface area (TPSA) is 114 Å². The molecule has 0 bridgehead atoms. The molecule has 0 atom stereocenters. The molecule has 48 heavy (non-hydrogen) atoms. The number of amides is 3. The van der Waals surface area contributed by atoms with Gasteiger partial charge in [-0.15, -0.1) is 18.3 Å². The van der Waals surface area contributed by atoms with Crippen LogP contribution < -0.4 is 24.6 Å². The lowest BCUT2D eigenvalue weighted by Gasteiger charge is -2.23. The number of alkyl halides is 6. The van der Waals surface area contributed by atoms with Gasteiger partial charge in [-0.2, -0.15) is 18.2 Å². The number of carbonyl (C=O) groups is 2. The van der Waals surface area contributed by atoms with Crippen LogP contribution in [0, 0.1) is 5.82 Å². The number of benzene rings is 3. The highest BCUT2D eigenvalue weighted by molar-refractivity contribution is 8.15. The van der Waals surface area contributed by atoms with Gasteiger partial charge >= 0.3 is 18.6 Å². The third kappa shape index (κ3) is 8.33. The van der Waals surface area contributed by atoms with Crippen LogP contribution in [0.5, 0.6) is 11.5 Å². The number of aromatic nitrogens is 3. The lowest BCUT2D eigenvalue weighted by atomic mass is 10.2. The van der Waals surface area contributed by atoms with Gasteiger partial charge in [-0.05, 0) is 54.6 Å². The van der Waals surface area contributed by atoms with Crippen molar-refractivity contribution in [2.45, 2.75) is 12.5 Å². The molecule has 0 radical (unpaired) electrons. The second-order valence-corrected chi connectivity index (χ2v) is 11.0. The molecule has 252 valence electrons. The first-order valence-electron chi connectivity index (χ1n) is 13.5. The third-order valence-electron chi connectivity index (χ3n) is 6.35. The highest BCUT2D eigenvalue weighted by Gasteiger charge is 2.35. The van der Waals surface area contributed by atoms with Gasteiger partial charge in [-0.3, -0.25) is 9.69 Å². The summed E-state index contributed by atoms with van der Waals surface area (Å²) >= 11 is 0.851. The summed E-state index contributed by atoms with van der Waals surface area (Å²) < 4.78 is 101. The maximum atomic E-state index is 15.1. The molecule has 1 aliphatic rings. The van der Waals surface area contributed by atoms with Crippen molar-refractivity contribution in [3.63, 3.8) is 0 Å². The van der Waals surface area contributed by atoms with Crippen molar-refractivity contribution in [1.29, 1.82) is 0 Å². The highest BCUT2D eigenvalue weighted by atomic mass is 32.2. The largest absolute Gasteiger partial charge is 0.573 e. The number of hydrogen-bond acceptors (Lipinski definition) is 8. The number of nitrogens with one attached hydrogen (secondary N) is 1. The van der Waals surface area contributed by atoms with E-state index in [-0.39, 0.29) is 39.6 Å². The maximum absolute atomic E-state index is 15.1. The van der Waals surface area contributed by atoms with E-state index >= 15 is 4.39 Å². The van der Waals surface area contributed by atoms with Crippen LogP contribution >= 0.6 is 11.8 Å². The summed E-state index contributed by atoms with van der Waals surface area (Å²) in [6.07, 6.45) is -8.26. The van der Waals surface area contributed by atoms with Gasteiger partial charge in [-0.1, -0.05) is 11.8 Å². The molecule has 0 spiro atoms. The number of urea groups is 1. The fourth-order valence-electron chi connectivity index (χ4n) is 4.23. The first-order valence-corrected chi connectivity index (χ1v) is 14.5. The monoisotopic (exact) mass is 697 g/mol. The van der Waals surface area contributed by atoms with E-state index in [9.17, 15) is 35.9 Å². The summed E-state index contributed by atoms with van der Waals surface area (Å²) in [5, 5.41) is 6.30. The number of carbonyl (C=O) groups excluding carboxylic acids is 2. The number of nitrogens with zero attached hydrogens (tertiary/aromatic N) is 6. The number of amidine groups is 1. The number of ether oxygens (including phenoxy) is 2.